The zero-order valence-corrected chi connectivity index (χ0v) is 20.5. The maximum Gasteiger partial charge on any atom is 0.238 e. The van der Waals surface area contributed by atoms with Crippen LogP contribution < -0.4 is 5.32 Å². The van der Waals surface area contributed by atoms with Gasteiger partial charge in [0.05, 0.1) is 23.9 Å². The Morgan fingerprint density at radius 1 is 1.11 bits per heavy atom. The predicted octanol–water partition coefficient (Wildman–Crippen LogP) is 5.43. The van der Waals surface area contributed by atoms with E-state index < -0.39 is 28.6 Å². The zero-order valence-electron chi connectivity index (χ0n) is 18.9. The number of rotatable bonds is 3. The second kappa shape index (κ2) is 8.49. The van der Waals surface area contributed by atoms with Crippen LogP contribution in [-0.4, -0.2) is 11.6 Å². The first-order chi connectivity index (χ1) is 16.9. The summed E-state index contributed by atoms with van der Waals surface area (Å²) in [7, 11) is 0. The number of nitrogens with zero attached hydrogens (tertiary/aromatic N) is 3. The smallest absolute Gasteiger partial charge is 0.238 e. The van der Waals surface area contributed by atoms with E-state index in [4.69, 9.17) is 5.41 Å². The van der Waals surface area contributed by atoms with E-state index in [0.717, 1.165) is 19.3 Å². The second-order valence-electron chi connectivity index (χ2n) is 9.52. The molecular weight excluding hydrogens is 502 g/mol. The van der Waals surface area contributed by atoms with E-state index in [1.54, 1.807) is 18.2 Å². The number of hydrogen-bond donors (Lipinski definition) is 2. The van der Waals surface area contributed by atoms with Crippen molar-refractivity contribution in [3.05, 3.63) is 75.8 Å². The lowest BCUT2D eigenvalue weighted by atomic mass is 9.44. The highest BCUT2D eigenvalue weighted by Crippen LogP contribution is 2.63. The van der Waals surface area contributed by atoms with Crippen molar-refractivity contribution < 1.29 is 4.79 Å². The van der Waals surface area contributed by atoms with Crippen molar-refractivity contribution in [2.24, 2.45) is 23.2 Å². The Hall–Kier alpha value is -3.73. The minimum Gasteiger partial charge on any atom is -0.325 e. The molecule has 0 saturated heterocycles. The van der Waals surface area contributed by atoms with Gasteiger partial charge in [0.15, 0.2) is 0 Å². The molecule has 2 aromatic rings. The number of carbonyl (C=O) groups excluding carboxylic acids is 1. The number of nitrogens with one attached hydrogen (secondary N) is 2. The van der Waals surface area contributed by atoms with Gasteiger partial charge in [-0.05, 0) is 66.5 Å². The fourth-order valence-corrected chi connectivity index (χ4v) is 6.70. The average molecular weight is 524 g/mol. The van der Waals surface area contributed by atoms with Crippen LogP contribution in [0.25, 0.3) is 0 Å². The fraction of sp³-hybridized carbons (Fsp3) is 0.321. The maximum atomic E-state index is 13.9. The van der Waals surface area contributed by atoms with Gasteiger partial charge in [-0.25, -0.2) is 0 Å². The maximum absolute atomic E-state index is 13.9. The third-order valence-electron chi connectivity index (χ3n) is 7.96. The molecule has 1 fully saturated rings. The minimum atomic E-state index is -2.09. The summed E-state index contributed by atoms with van der Waals surface area (Å²) < 4.78 is 0.716. The molecule has 2 aromatic carbocycles. The zero-order chi connectivity index (χ0) is 24.8. The van der Waals surface area contributed by atoms with Crippen LogP contribution >= 0.6 is 15.9 Å². The van der Waals surface area contributed by atoms with Crippen molar-refractivity contribution in [3.63, 3.8) is 0 Å². The lowest BCUT2D eigenvalue weighted by molar-refractivity contribution is -0.125. The lowest BCUT2D eigenvalue weighted by Gasteiger charge is -2.52. The summed E-state index contributed by atoms with van der Waals surface area (Å²) in [4.78, 5) is 13.9. The van der Waals surface area contributed by atoms with Gasteiger partial charge >= 0.3 is 0 Å². The van der Waals surface area contributed by atoms with E-state index >= 15 is 0 Å². The number of carbonyl (C=O) groups is 1. The summed E-state index contributed by atoms with van der Waals surface area (Å²) in [5.41, 5.74) is -0.989. The Kier molecular flexibility index (Phi) is 5.59. The highest BCUT2D eigenvalue weighted by molar-refractivity contribution is 9.10. The van der Waals surface area contributed by atoms with Gasteiger partial charge in [-0.2, -0.15) is 15.8 Å². The number of amides is 1. The molecule has 7 heteroatoms. The molecular formula is C28H22BrN5O. The van der Waals surface area contributed by atoms with Gasteiger partial charge in [-0.15, -0.1) is 0 Å². The molecule has 1 unspecified atom stereocenters. The van der Waals surface area contributed by atoms with E-state index in [1.807, 2.05) is 24.3 Å². The third-order valence-corrected chi connectivity index (χ3v) is 8.45. The SMILES string of the molecule is N#CC1C(=N)C(C#N)(C#N)[C@@]2(C(=O)Nc3ccc(Br)cc32)[C@@H]2C[C@H](CCc3ccccc3)CC=C12. The molecule has 5 rings (SSSR count). The van der Waals surface area contributed by atoms with E-state index in [2.05, 4.69) is 51.6 Å². The Morgan fingerprint density at radius 3 is 2.54 bits per heavy atom. The number of hydrogen-bond acceptors (Lipinski definition) is 5. The Morgan fingerprint density at radius 2 is 1.86 bits per heavy atom. The molecule has 3 aliphatic rings. The van der Waals surface area contributed by atoms with Crippen molar-refractivity contribution in [3.8, 4) is 18.2 Å². The van der Waals surface area contributed by atoms with Crippen LogP contribution in [-0.2, 0) is 16.6 Å². The van der Waals surface area contributed by atoms with Gasteiger partial charge < -0.3 is 10.7 Å². The van der Waals surface area contributed by atoms with Crippen LogP contribution in [0.5, 0.6) is 0 Å². The molecule has 1 saturated carbocycles. The largest absolute Gasteiger partial charge is 0.325 e. The predicted molar refractivity (Wildman–Crippen MR) is 134 cm³/mol. The number of benzene rings is 2. The molecule has 0 radical (unpaired) electrons. The van der Waals surface area contributed by atoms with Crippen LogP contribution in [0.15, 0.2) is 64.7 Å². The first-order valence-corrected chi connectivity index (χ1v) is 12.4. The topological polar surface area (TPSA) is 124 Å². The number of allylic oxidation sites excluding steroid dienone is 2. The quantitative estimate of drug-likeness (QED) is 0.520. The van der Waals surface area contributed by atoms with E-state index in [-0.39, 0.29) is 11.6 Å². The van der Waals surface area contributed by atoms with Gasteiger partial charge in [-0.1, -0.05) is 52.3 Å². The van der Waals surface area contributed by atoms with E-state index in [9.17, 15) is 20.6 Å². The normalized spacial score (nSPS) is 28.1. The molecule has 0 bridgehead atoms. The van der Waals surface area contributed by atoms with E-state index in [1.165, 1.54) is 5.56 Å². The molecule has 6 nitrogen and oxygen atoms in total. The summed E-state index contributed by atoms with van der Waals surface area (Å²) in [6.07, 6.45) is 5.06. The molecule has 2 aliphatic carbocycles. The minimum absolute atomic E-state index is 0.214. The number of aryl methyl sites for hydroxylation is 1. The van der Waals surface area contributed by atoms with Crippen molar-refractivity contribution >= 4 is 33.2 Å². The molecule has 4 atom stereocenters. The fourth-order valence-electron chi connectivity index (χ4n) is 6.34. The summed E-state index contributed by atoms with van der Waals surface area (Å²) in [5, 5.41) is 42.7. The molecule has 0 aromatic heterocycles. The average Bonchev–Trinajstić information content (AvgIpc) is 3.17. The van der Waals surface area contributed by atoms with Crippen molar-refractivity contribution in [1.29, 1.82) is 21.2 Å². The number of halogens is 1. The lowest BCUT2D eigenvalue weighted by Crippen LogP contribution is -2.64. The van der Waals surface area contributed by atoms with Crippen molar-refractivity contribution in [2.45, 2.75) is 31.1 Å². The first kappa shape index (κ1) is 23.0. The van der Waals surface area contributed by atoms with Gasteiger partial charge in [0.2, 0.25) is 11.3 Å². The molecule has 1 spiro atoms. The third kappa shape index (κ3) is 3.10. The van der Waals surface area contributed by atoms with E-state index in [0.29, 0.717) is 27.7 Å². The Balaban J connectivity index is 1.68. The standard InChI is InChI=1S/C28H22BrN5O/c29-19-9-11-24-23(13-19)28(26(35)34-24)22-12-18(7-6-17-4-2-1-3-5-17)8-10-20(22)21(14-30)25(33)27(28,15-31)16-32/h1-5,9-11,13,18,21-22,33H,6-8,12H2,(H,34,35)/t18-,21?,22-,28+/m1/s1. The molecule has 1 aliphatic heterocycles. The van der Waals surface area contributed by atoms with Gasteiger partial charge in [-0.3, -0.25) is 4.79 Å². The second-order valence-corrected chi connectivity index (χ2v) is 10.4. The molecule has 172 valence electrons. The molecule has 1 amide bonds. The highest BCUT2D eigenvalue weighted by atomic mass is 79.9. The van der Waals surface area contributed by atoms with Crippen LogP contribution in [0.1, 0.15) is 30.4 Å². The Bertz CT molecular complexity index is 1380. The molecule has 35 heavy (non-hydrogen) atoms. The first-order valence-electron chi connectivity index (χ1n) is 11.6. The van der Waals surface area contributed by atoms with Crippen molar-refractivity contribution in [1.82, 2.24) is 0 Å². The number of fused-ring (bicyclic) bond motifs is 4. The van der Waals surface area contributed by atoms with Gasteiger partial charge in [0.25, 0.3) is 0 Å². The summed E-state index contributed by atoms with van der Waals surface area (Å²) in [6.45, 7) is 0. The Labute approximate surface area is 212 Å². The monoisotopic (exact) mass is 523 g/mol. The highest BCUT2D eigenvalue weighted by Gasteiger charge is 2.73. The summed E-state index contributed by atoms with van der Waals surface area (Å²) in [6, 6.07) is 21.8. The van der Waals surface area contributed by atoms with Crippen LogP contribution in [0, 0.1) is 62.6 Å². The van der Waals surface area contributed by atoms with Crippen LogP contribution in [0.2, 0.25) is 0 Å². The van der Waals surface area contributed by atoms with Gasteiger partial charge in [0.1, 0.15) is 11.3 Å². The van der Waals surface area contributed by atoms with Crippen LogP contribution in [0.3, 0.4) is 0 Å². The van der Waals surface area contributed by atoms with Gasteiger partial charge in [0, 0.05) is 16.1 Å². The number of nitriles is 3. The molecule has 2 N–H and O–H groups in total. The van der Waals surface area contributed by atoms with Crippen LogP contribution in [0.4, 0.5) is 5.69 Å². The number of anilines is 1. The molecule has 1 heterocycles. The van der Waals surface area contributed by atoms with Crippen molar-refractivity contribution in [2.75, 3.05) is 5.32 Å². The summed E-state index contributed by atoms with van der Waals surface area (Å²) >= 11 is 3.48. The summed E-state index contributed by atoms with van der Waals surface area (Å²) in [5.74, 6) is -1.77.